The van der Waals surface area contributed by atoms with Crippen molar-refractivity contribution in [3.8, 4) is 0 Å². The van der Waals surface area contributed by atoms with Crippen LogP contribution < -0.4 is 5.73 Å². The maximum Gasteiger partial charge on any atom is 0.251 e. The molecule has 11 heavy (non-hydrogen) atoms. The Bertz CT molecular complexity index is 362. The third-order valence-electron chi connectivity index (χ3n) is 1.37. The monoisotopic (exact) mass is 169 g/mol. The van der Waals surface area contributed by atoms with E-state index in [4.69, 9.17) is 5.73 Å². The van der Waals surface area contributed by atoms with Gasteiger partial charge in [0.2, 0.25) is 0 Å². The third-order valence-corrected chi connectivity index (χ3v) is 2.27. The van der Waals surface area contributed by atoms with E-state index in [0.717, 1.165) is 0 Å². The van der Waals surface area contributed by atoms with Crippen molar-refractivity contribution in [1.29, 1.82) is 0 Å². The number of rotatable bonds is 0. The van der Waals surface area contributed by atoms with Crippen molar-refractivity contribution < 1.29 is 4.39 Å². The zero-order chi connectivity index (χ0) is 7.84. The number of halogens is 1. The van der Waals surface area contributed by atoms with E-state index in [0.29, 0.717) is 10.1 Å². The summed E-state index contributed by atoms with van der Waals surface area (Å²) in [6.45, 7) is 0. The number of thiophene rings is 1. The van der Waals surface area contributed by atoms with Crippen LogP contribution in [0.25, 0.3) is 10.1 Å². The molecule has 0 atom stereocenters. The van der Waals surface area contributed by atoms with Crippen molar-refractivity contribution in [3.63, 3.8) is 0 Å². The Morgan fingerprint density at radius 2 is 2.27 bits per heavy atom. The highest BCUT2D eigenvalue weighted by Gasteiger charge is 2.06. The molecule has 0 fully saturated rings. The third kappa shape index (κ3) is 0.848. The zero-order valence-electron chi connectivity index (χ0n) is 5.41. The van der Waals surface area contributed by atoms with Gasteiger partial charge in [0.25, 0.3) is 5.95 Å². The van der Waals surface area contributed by atoms with E-state index in [1.807, 2.05) is 0 Å². The molecule has 0 saturated heterocycles. The minimum atomic E-state index is -0.552. The number of nitrogen functional groups attached to an aromatic ring is 1. The summed E-state index contributed by atoms with van der Waals surface area (Å²) in [6, 6.07) is 1.73. The van der Waals surface area contributed by atoms with Crippen LogP contribution >= 0.6 is 11.3 Å². The smallest absolute Gasteiger partial charge is 0.251 e. The van der Waals surface area contributed by atoms with E-state index in [2.05, 4.69) is 10.2 Å². The Labute approximate surface area is 65.7 Å². The van der Waals surface area contributed by atoms with Crippen molar-refractivity contribution >= 4 is 27.2 Å². The Kier molecular flexibility index (Phi) is 1.25. The minimum absolute atomic E-state index is 0.280. The van der Waals surface area contributed by atoms with Crippen molar-refractivity contribution in [2.45, 2.75) is 0 Å². The van der Waals surface area contributed by atoms with Gasteiger partial charge >= 0.3 is 0 Å². The first-order valence-electron chi connectivity index (χ1n) is 2.94. The number of anilines is 1. The molecule has 5 heteroatoms. The Balaban J connectivity index is 2.96. The van der Waals surface area contributed by atoms with Crippen LogP contribution in [0.15, 0.2) is 11.4 Å². The molecule has 0 unspecified atom stereocenters. The van der Waals surface area contributed by atoms with Crippen molar-refractivity contribution in [3.05, 3.63) is 17.4 Å². The molecule has 0 spiro atoms. The van der Waals surface area contributed by atoms with Gasteiger partial charge in [-0.3, -0.25) is 0 Å². The summed E-state index contributed by atoms with van der Waals surface area (Å²) in [7, 11) is 0. The highest BCUT2D eigenvalue weighted by atomic mass is 32.1. The molecule has 0 aliphatic rings. The molecular formula is C6H4FN3S. The van der Waals surface area contributed by atoms with Gasteiger partial charge in [0.1, 0.15) is 0 Å². The highest BCUT2D eigenvalue weighted by Crippen LogP contribution is 2.24. The highest BCUT2D eigenvalue weighted by molar-refractivity contribution is 7.17. The lowest BCUT2D eigenvalue weighted by molar-refractivity contribution is 0.580. The lowest BCUT2D eigenvalue weighted by atomic mass is 10.3. The lowest BCUT2D eigenvalue weighted by Gasteiger charge is -1.92. The van der Waals surface area contributed by atoms with Crippen molar-refractivity contribution in [1.82, 2.24) is 10.2 Å². The van der Waals surface area contributed by atoms with Crippen molar-refractivity contribution in [2.75, 3.05) is 5.73 Å². The molecule has 2 rings (SSSR count). The maximum atomic E-state index is 12.8. The van der Waals surface area contributed by atoms with Crippen LogP contribution in [0.2, 0.25) is 0 Å². The van der Waals surface area contributed by atoms with Crippen LogP contribution in [0.1, 0.15) is 0 Å². The molecule has 0 saturated carbocycles. The number of nitrogens with zero attached hydrogens (tertiary/aromatic N) is 2. The molecule has 0 aromatic carbocycles. The van der Waals surface area contributed by atoms with Crippen LogP contribution in [0.4, 0.5) is 10.2 Å². The van der Waals surface area contributed by atoms with Crippen LogP contribution in [0.5, 0.6) is 0 Å². The number of hydrogen-bond acceptors (Lipinski definition) is 4. The second kappa shape index (κ2) is 2.13. The van der Waals surface area contributed by atoms with Gasteiger partial charge in [-0.25, -0.2) is 0 Å². The molecule has 2 N–H and O–H groups in total. The van der Waals surface area contributed by atoms with Crippen LogP contribution in [-0.4, -0.2) is 10.2 Å². The fraction of sp³-hybridized carbons (Fsp3) is 0. The molecule has 2 heterocycles. The van der Waals surface area contributed by atoms with Gasteiger partial charge in [-0.1, -0.05) is 0 Å². The molecule has 3 nitrogen and oxygen atoms in total. The molecule has 2 aromatic rings. The van der Waals surface area contributed by atoms with Crippen LogP contribution in [0.3, 0.4) is 0 Å². The van der Waals surface area contributed by atoms with Crippen molar-refractivity contribution in [2.24, 2.45) is 0 Å². The van der Waals surface area contributed by atoms with Gasteiger partial charge in [-0.05, 0) is 11.4 Å². The predicted molar refractivity (Wildman–Crippen MR) is 41.8 cm³/mol. The van der Waals surface area contributed by atoms with E-state index in [-0.39, 0.29) is 5.82 Å². The minimum Gasteiger partial charge on any atom is -0.382 e. The van der Waals surface area contributed by atoms with Gasteiger partial charge in [-0.2, -0.15) is 4.39 Å². The standard InChI is InChI=1S/C6H4FN3S/c7-5-4-3(1-2-11-4)6(8)10-9-5/h1-2H,(H2,8,10). The fourth-order valence-electron chi connectivity index (χ4n) is 0.868. The average Bonchev–Trinajstić information content (AvgIpc) is 2.45. The van der Waals surface area contributed by atoms with Gasteiger partial charge < -0.3 is 5.73 Å². The average molecular weight is 169 g/mol. The van der Waals surface area contributed by atoms with E-state index in [9.17, 15) is 4.39 Å². The van der Waals surface area contributed by atoms with E-state index >= 15 is 0 Å². The Hall–Kier alpha value is -1.23. The first-order valence-corrected chi connectivity index (χ1v) is 3.82. The molecule has 0 radical (unpaired) electrons. The lowest BCUT2D eigenvalue weighted by Crippen LogP contribution is -1.95. The molecular weight excluding hydrogens is 165 g/mol. The second-order valence-corrected chi connectivity index (χ2v) is 2.96. The maximum absolute atomic E-state index is 12.8. The number of fused-ring (bicyclic) bond motifs is 1. The van der Waals surface area contributed by atoms with Crippen LogP contribution in [-0.2, 0) is 0 Å². The summed E-state index contributed by atoms with van der Waals surface area (Å²) in [5, 5.41) is 9.08. The van der Waals surface area contributed by atoms with Gasteiger partial charge in [0.05, 0.1) is 4.70 Å². The molecule has 0 aliphatic carbocycles. The van der Waals surface area contributed by atoms with E-state index in [1.165, 1.54) is 11.3 Å². The topological polar surface area (TPSA) is 51.8 Å². The van der Waals surface area contributed by atoms with Gasteiger partial charge in [0.15, 0.2) is 5.82 Å². The Morgan fingerprint density at radius 1 is 1.45 bits per heavy atom. The van der Waals surface area contributed by atoms with E-state index in [1.54, 1.807) is 11.4 Å². The Morgan fingerprint density at radius 3 is 3.00 bits per heavy atom. The zero-order valence-corrected chi connectivity index (χ0v) is 6.23. The van der Waals surface area contributed by atoms with Gasteiger partial charge in [0, 0.05) is 5.39 Å². The quantitative estimate of drug-likeness (QED) is 0.648. The first-order chi connectivity index (χ1) is 5.29. The summed E-state index contributed by atoms with van der Waals surface area (Å²) in [6.07, 6.45) is 0. The molecule has 0 amide bonds. The molecule has 56 valence electrons. The SMILES string of the molecule is Nc1nnc(F)c2sccc12. The largest absolute Gasteiger partial charge is 0.382 e. The summed E-state index contributed by atoms with van der Waals surface area (Å²) in [4.78, 5) is 0. The summed E-state index contributed by atoms with van der Waals surface area (Å²) in [5.74, 6) is -0.271. The molecule has 2 aromatic heterocycles. The fourth-order valence-corrected chi connectivity index (χ4v) is 1.65. The summed E-state index contributed by atoms with van der Waals surface area (Å²) < 4.78 is 13.3. The number of hydrogen-bond donors (Lipinski definition) is 1. The predicted octanol–water partition coefficient (Wildman–Crippen LogP) is 1.41. The van der Waals surface area contributed by atoms with Gasteiger partial charge in [-0.15, -0.1) is 21.5 Å². The second-order valence-electron chi connectivity index (χ2n) is 2.04. The number of aromatic nitrogens is 2. The summed E-state index contributed by atoms with van der Waals surface area (Å²) in [5.41, 5.74) is 5.44. The van der Waals surface area contributed by atoms with E-state index < -0.39 is 5.95 Å². The normalized spacial score (nSPS) is 10.6. The molecule has 0 aliphatic heterocycles. The first kappa shape index (κ1) is 6.48. The van der Waals surface area contributed by atoms with Crippen LogP contribution in [0, 0.1) is 5.95 Å². The summed E-state index contributed by atoms with van der Waals surface area (Å²) >= 11 is 1.27. The molecule has 0 bridgehead atoms. The number of nitrogens with two attached hydrogens (primary N) is 1.